The molecule has 0 atom stereocenters. The monoisotopic (exact) mass is 346 g/mol. The Bertz CT molecular complexity index is 1060. The summed E-state index contributed by atoms with van der Waals surface area (Å²) in [4.78, 5) is 12.2. The van der Waals surface area contributed by atoms with Crippen molar-refractivity contribution in [1.82, 2.24) is 15.0 Å². The maximum atomic E-state index is 5.42. The summed E-state index contributed by atoms with van der Waals surface area (Å²) in [5.41, 5.74) is 3.72. The van der Waals surface area contributed by atoms with Crippen LogP contribution in [0, 0.1) is 0 Å². The lowest BCUT2D eigenvalue weighted by Crippen LogP contribution is -2.00. The molecule has 2 aromatic heterocycles. The second-order valence-corrected chi connectivity index (χ2v) is 5.70. The Hall–Kier alpha value is -3.54. The van der Waals surface area contributed by atoms with E-state index in [0.29, 0.717) is 11.7 Å². The molecule has 2 aromatic carbocycles. The number of rotatable bonds is 5. The number of anilines is 2. The second-order valence-electron chi connectivity index (χ2n) is 5.70. The summed E-state index contributed by atoms with van der Waals surface area (Å²) in [5, 5.41) is 4.34. The van der Waals surface area contributed by atoms with Gasteiger partial charge >= 0.3 is 0 Å². The van der Waals surface area contributed by atoms with Crippen LogP contribution in [-0.2, 0) is 0 Å². The molecule has 0 bridgehead atoms. The van der Waals surface area contributed by atoms with Gasteiger partial charge in [0.1, 0.15) is 11.5 Å². The lowest BCUT2D eigenvalue weighted by Gasteiger charge is -2.12. The minimum atomic E-state index is 0.497. The number of nitrogens with zero attached hydrogens (tertiary/aromatic N) is 2. The van der Waals surface area contributed by atoms with Gasteiger partial charge in [-0.15, -0.1) is 0 Å². The van der Waals surface area contributed by atoms with E-state index in [-0.39, 0.29) is 0 Å². The predicted octanol–water partition coefficient (Wildman–Crippen LogP) is 4.39. The van der Waals surface area contributed by atoms with E-state index in [0.717, 1.165) is 33.6 Å². The molecule has 2 heterocycles. The largest absolute Gasteiger partial charge is 0.497 e. The van der Waals surface area contributed by atoms with E-state index >= 15 is 0 Å². The van der Waals surface area contributed by atoms with Crippen molar-refractivity contribution < 1.29 is 9.47 Å². The molecule has 0 aliphatic carbocycles. The zero-order valence-corrected chi connectivity index (χ0v) is 14.5. The third kappa shape index (κ3) is 2.93. The number of para-hydroxylation sites is 1. The third-order valence-electron chi connectivity index (χ3n) is 4.18. The van der Waals surface area contributed by atoms with Crippen molar-refractivity contribution in [2.45, 2.75) is 0 Å². The number of hydrogen-bond acceptors (Lipinski definition) is 5. The molecule has 2 N–H and O–H groups in total. The summed E-state index contributed by atoms with van der Waals surface area (Å²) in [6.45, 7) is 0. The number of hydrogen-bond donors (Lipinski definition) is 2. The van der Waals surface area contributed by atoms with Crippen molar-refractivity contribution in [3.8, 4) is 22.8 Å². The highest BCUT2D eigenvalue weighted by molar-refractivity contribution is 5.94. The summed E-state index contributed by atoms with van der Waals surface area (Å²) in [6.07, 6.45) is 3.70. The van der Waals surface area contributed by atoms with Gasteiger partial charge in [0.25, 0.3) is 0 Å². The SMILES string of the molecule is COc1ccc(Nc2nccc(-c3c[nH]c4ccccc34)n2)c(OC)c1. The number of fused-ring (bicyclic) bond motifs is 1. The lowest BCUT2D eigenvalue weighted by atomic mass is 10.1. The number of ether oxygens (including phenoxy) is 2. The average molecular weight is 346 g/mol. The van der Waals surface area contributed by atoms with Gasteiger partial charge in [-0.2, -0.15) is 0 Å². The van der Waals surface area contributed by atoms with Crippen molar-refractivity contribution >= 4 is 22.5 Å². The molecule has 26 heavy (non-hydrogen) atoms. The van der Waals surface area contributed by atoms with E-state index in [9.17, 15) is 0 Å². The summed E-state index contributed by atoms with van der Waals surface area (Å²) in [7, 11) is 3.23. The smallest absolute Gasteiger partial charge is 0.227 e. The number of aromatic amines is 1. The van der Waals surface area contributed by atoms with Crippen LogP contribution < -0.4 is 14.8 Å². The van der Waals surface area contributed by atoms with Gasteiger partial charge in [-0.3, -0.25) is 0 Å². The van der Waals surface area contributed by atoms with Gasteiger partial charge in [-0.1, -0.05) is 18.2 Å². The molecule has 0 saturated heterocycles. The highest BCUT2D eigenvalue weighted by atomic mass is 16.5. The number of methoxy groups -OCH3 is 2. The summed E-state index contributed by atoms with van der Waals surface area (Å²) in [6, 6.07) is 15.6. The first kappa shape index (κ1) is 16.0. The van der Waals surface area contributed by atoms with E-state index < -0.39 is 0 Å². The van der Waals surface area contributed by atoms with Gasteiger partial charge < -0.3 is 19.8 Å². The van der Waals surface area contributed by atoms with Crippen LogP contribution in [0.3, 0.4) is 0 Å². The van der Waals surface area contributed by atoms with Crippen LogP contribution in [0.15, 0.2) is 60.9 Å². The number of aromatic nitrogens is 3. The molecule has 0 aliphatic rings. The Balaban J connectivity index is 1.69. The molecule has 0 unspecified atom stereocenters. The van der Waals surface area contributed by atoms with Crippen molar-refractivity contribution in [3.63, 3.8) is 0 Å². The van der Waals surface area contributed by atoms with E-state index in [1.54, 1.807) is 20.4 Å². The molecule has 0 fully saturated rings. The molecule has 0 spiro atoms. The molecule has 0 aliphatic heterocycles. The molecule has 6 nitrogen and oxygen atoms in total. The van der Waals surface area contributed by atoms with Gasteiger partial charge in [0.15, 0.2) is 0 Å². The molecular weight excluding hydrogens is 328 g/mol. The first-order chi connectivity index (χ1) is 12.8. The number of nitrogens with one attached hydrogen (secondary N) is 2. The topological polar surface area (TPSA) is 72.1 Å². The minimum absolute atomic E-state index is 0.497. The van der Waals surface area contributed by atoms with Gasteiger partial charge in [-0.05, 0) is 24.3 Å². The Kier molecular flexibility index (Phi) is 4.15. The first-order valence-corrected chi connectivity index (χ1v) is 8.17. The van der Waals surface area contributed by atoms with E-state index in [4.69, 9.17) is 9.47 Å². The van der Waals surface area contributed by atoms with Crippen molar-refractivity contribution in [3.05, 3.63) is 60.9 Å². The van der Waals surface area contributed by atoms with Crippen molar-refractivity contribution in [2.75, 3.05) is 19.5 Å². The van der Waals surface area contributed by atoms with Crippen LogP contribution in [0.5, 0.6) is 11.5 Å². The highest BCUT2D eigenvalue weighted by Gasteiger charge is 2.10. The molecule has 6 heteroatoms. The Morgan fingerprint density at radius 1 is 1.00 bits per heavy atom. The zero-order valence-electron chi connectivity index (χ0n) is 14.5. The standard InChI is InChI=1S/C20H18N4O2/c1-25-13-7-8-18(19(11-13)26-2)24-20-21-10-9-17(23-20)15-12-22-16-6-4-3-5-14(15)16/h3-12,22H,1-2H3,(H,21,23,24). The Morgan fingerprint density at radius 2 is 1.88 bits per heavy atom. The first-order valence-electron chi connectivity index (χ1n) is 8.17. The fraction of sp³-hybridized carbons (Fsp3) is 0.100. The van der Waals surface area contributed by atoms with E-state index in [1.165, 1.54) is 0 Å². The van der Waals surface area contributed by atoms with E-state index in [1.807, 2.05) is 48.7 Å². The van der Waals surface area contributed by atoms with Crippen LogP contribution in [0.25, 0.3) is 22.2 Å². The van der Waals surface area contributed by atoms with Gasteiger partial charge in [0.05, 0.1) is 25.6 Å². The van der Waals surface area contributed by atoms with Crippen LogP contribution >= 0.6 is 0 Å². The average Bonchev–Trinajstić information content (AvgIpc) is 3.13. The molecule has 0 radical (unpaired) electrons. The molecule has 0 amide bonds. The van der Waals surface area contributed by atoms with Crippen LogP contribution in [0.1, 0.15) is 0 Å². The fourth-order valence-corrected chi connectivity index (χ4v) is 2.87. The Labute approximate surface area is 150 Å². The molecule has 130 valence electrons. The third-order valence-corrected chi connectivity index (χ3v) is 4.18. The molecule has 4 aromatic rings. The predicted molar refractivity (Wildman–Crippen MR) is 102 cm³/mol. The van der Waals surface area contributed by atoms with Gasteiger partial charge in [0, 0.05) is 34.9 Å². The summed E-state index contributed by atoms with van der Waals surface area (Å²) in [5.74, 6) is 1.88. The van der Waals surface area contributed by atoms with Crippen molar-refractivity contribution in [2.24, 2.45) is 0 Å². The normalized spacial score (nSPS) is 10.7. The van der Waals surface area contributed by atoms with Gasteiger partial charge in [-0.25, -0.2) is 9.97 Å². The van der Waals surface area contributed by atoms with Crippen molar-refractivity contribution in [1.29, 1.82) is 0 Å². The number of benzene rings is 2. The highest BCUT2D eigenvalue weighted by Crippen LogP contribution is 2.32. The summed E-state index contributed by atoms with van der Waals surface area (Å²) >= 11 is 0. The molecular formula is C20H18N4O2. The maximum absolute atomic E-state index is 5.42. The minimum Gasteiger partial charge on any atom is -0.497 e. The Morgan fingerprint density at radius 3 is 2.73 bits per heavy atom. The number of H-pyrrole nitrogens is 1. The van der Waals surface area contributed by atoms with Crippen LogP contribution in [0.4, 0.5) is 11.6 Å². The summed E-state index contributed by atoms with van der Waals surface area (Å²) < 4.78 is 10.6. The van der Waals surface area contributed by atoms with Crippen LogP contribution in [0.2, 0.25) is 0 Å². The molecule has 4 rings (SSSR count). The van der Waals surface area contributed by atoms with Crippen LogP contribution in [-0.4, -0.2) is 29.2 Å². The van der Waals surface area contributed by atoms with E-state index in [2.05, 4.69) is 26.3 Å². The zero-order chi connectivity index (χ0) is 17.9. The fourth-order valence-electron chi connectivity index (χ4n) is 2.87. The lowest BCUT2D eigenvalue weighted by molar-refractivity contribution is 0.395. The maximum Gasteiger partial charge on any atom is 0.227 e. The second kappa shape index (κ2) is 6.76. The van der Waals surface area contributed by atoms with Gasteiger partial charge in [0.2, 0.25) is 5.95 Å². The quantitative estimate of drug-likeness (QED) is 0.561. The molecule has 0 saturated carbocycles.